The lowest BCUT2D eigenvalue weighted by molar-refractivity contribution is 0.415. The zero-order valence-electron chi connectivity index (χ0n) is 10.8. The number of benzene rings is 2. The quantitative estimate of drug-likeness (QED) is 0.668. The molecule has 1 heterocycles. The van der Waals surface area contributed by atoms with Gasteiger partial charge in [-0.3, -0.25) is 0 Å². The van der Waals surface area contributed by atoms with Gasteiger partial charge in [-0.1, -0.05) is 29.8 Å². The van der Waals surface area contributed by atoms with Crippen LogP contribution in [-0.2, 0) is 0 Å². The number of thiazole rings is 1. The van der Waals surface area contributed by atoms with E-state index in [9.17, 15) is 0 Å². The smallest absolute Gasteiger partial charge is 0.125 e. The molecule has 0 aliphatic carbocycles. The predicted octanol–water partition coefficient (Wildman–Crippen LogP) is 5.14. The van der Waals surface area contributed by atoms with E-state index in [1.165, 1.54) is 0 Å². The molecule has 0 aliphatic heterocycles. The van der Waals surface area contributed by atoms with Crippen LogP contribution in [0.15, 0.2) is 53.9 Å². The van der Waals surface area contributed by atoms with Crippen LogP contribution >= 0.6 is 22.9 Å². The van der Waals surface area contributed by atoms with Crippen molar-refractivity contribution in [2.24, 2.45) is 0 Å². The average Bonchev–Trinajstić information content (AvgIpc) is 2.97. The van der Waals surface area contributed by atoms with Gasteiger partial charge in [-0.05, 0) is 30.3 Å². The second kappa shape index (κ2) is 5.65. The van der Waals surface area contributed by atoms with Gasteiger partial charge in [-0.25, -0.2) is 4.98 Å². The van der Waals surface area contributed by atoms with Crippen LogP contribution in [0.2, 0.25) is 5.02 Å². The summed E-state index contributed by atoms with van der Waals surface area (Å²) in [5.41, 5.74) is 2.99. The van der Waals surface area contributed by atoms with Crippen molar-refractivity contribution in [3.8, 4) is 27.6 Å². The van der Waals surface area contributed by atoms with Crippen molar-refractivity contribution >= 4 is 22.9 Å². The summed E-state index contributed by atoms with van der Waals surface area (Å²) in [4.78, 5) is 4.66. The molecule has 3 aromatic rings. The highest BCUT2D eigenvalue weighted by atomic mass is 35.5. The summed E-state index contributed by atoms with van der Waals surface area (Å²) in [6.07, 6.45) is 0. The molecular formula is C16H12ClNOS. The first-order valence-electron chi connectivity index (χ1n) is 6.13. The van der Waals surface area contributed by atoms with E-state index < -0.39 is 0 Å². The van der Waals surface area contributed by atoms with E-state index in [0.717, 1.165) is 32.6 Å². The van der Waals surface area contributed by atoms with Gasteiger partial charge >= 0.3 is 0 Å². The minimum atomic E-state index is 0.725. The molecule has 0 amide bonds. The van der Waals surface area contributed by atoms with Gasteiger partial charge in [0, 0.05) is 16.5 Å². The third-order valence-corrected chi connectivity index (χ3v) is 4.20. The van der Waals surface area contributed by atoms with Crippen molar-refractivity contribution in [1.29, 1.82) is 0 Å². The summed E-state index contributed by atoms with van der Waals surface area (Å²) in [5, 5.41) is 3.70. The molecule has 0 bridgehead atoms. The number of hydrogen-bond acceptors (Lipinski definition) is 3. The van der Waals surface area contributed by atoms with Crippen molar-refractivity contribution in [3.63, 3.8) is 0 Å². The molecule has 4 heteroatoms. The Balaban J connectivity index is 1.95. The number of ether oxygens (including phenoxy) is 1. The SMILES string of the molecule is COc1ccc(-c2csc(-c3ccccc3Cl)n2)cc1. The Hall–Kier alpha value is -1.84. The fraction of sp³-hybridized carbons (Fsp3) is 0.0625. The monoisotopic (exact) mass is 301 g/mol. The second-order valence-electron chi connectivity index (χ2n) is 4.25. The van der Waals surface area contributed by atoms with Crippen LogP contribution in [0.3, 0.4) is 0 Å². The number of aromatic nitrogens is 1. The lowest BCUT2D eigenvalue weighted by Crippen LogP contribution is -1.83. The largest absolute Gasteiger partial charge is 0.497 e. The normalized spacial score (nSPS) is 10.5. The molecule has 100 valence electrons. The Morgan fingerprint density at radius 1 is 1.05 bits per heavy atom. The van der Waals surface area contributed by atoms with Gasteiger partial charge in [-0.2, -0.15) is 0 Å². The molecule has 20 heavy (non-hydrogen) atoms. The summed E-state index contributed by atoms with van der Waals surface area (Å²) in [5.74, 6) is 0.843. The second-order valence-corrected chi connectivity index (χ2v) is 5.51. The van der Waals surface area contributed by atoms with Gasteiger partial charge in [0.05, 0.1) is 17.8 Å². The maximum atomic E-state index is 6.20. The summed E-state index contributed by atoms with van der Waals surface area (Å²) in [6, 6.07) is 15.6. The fourth-order valence-electron chi connectivity index (χ4n) is 1.93. The summed E-state index contributed by atoms with van der Waals surface area (Å²) >= 11 is 7.80. The van der Waals surface area contributed by atoms with Crippen LogP contribution in [-0.4, -0.2) is 12.1 Å². The number of hydrogen-bond donors (Lipinski definition) is 0. The first-order chi connectivity index (χ1) is 9.78. The van der Waals surface area contributed by atoms with E-state index in [2.05, 4.69) is 4.98 Å². The zero-order chi connectivity index (χ0) is 13.9. The minimum Gasteiger partial charge on any atom is -0.497 e. The molecule has 0 spiro atoms. The summed E-state index contributed by atoms with van der Waals surface area (Å²) in [6.45, 7) is 0. The maximum absolute atomic E-state index is 6.20. The molecule has 1 aromatic heterocycles. The molecule has 0 saturated heterocycles. The molecule has 0 saturated carbocycles. The van der Waals surface area contributed by atoms with E-state index in [1.807, 2.05) is 53.9 Å². The number of nitrogens with zero attached hydrogens (tertiary/aromatic N) is 1. The molecular weight excluding hydrogens is 290 g/mol. The van der Waals surface area contributed by atoms with Crippen LogP contribution in [0, 0.1) is 0 Å². The van der Waals surface area contributed by atoms with Gasteiger partial charge in [0.2, 0.25) is 0 Å². The van der Waals surface area contributed by atoms with E-state index in [-0.39, 0.29) is 0 Å². The van der Waals surface area contributed by atoms with Gasteiger partial charge in [0.15, 0.2) is 0 Å². The Kier molecular flexibility index (Phi) is 3.72. The standard InChI is InChI=1S/C16H12ClNOS/c1-19-12-8-6-11(7-9-12)15-10-20-16(18-15)13-4-2-3-5-14(13)17/h2-10H,1H3. The van der Waals surface area contributed by atoms with Crippen molar-refractivity contribution in [3.05, 3.63) is 58.9 Å². The number of rotatable bonds is 3. The lowest BCUT2D eigenvalue weighted by Gasteiger charge is -2.01. The highest BCUT2D eigenvalue weighted by molar-refractivity contribution is 7.13. The molecule has 0 fully saturated rings. The molecule has 0 radical (unpaired) electrons. The van der Waals surface area contributed by atoms with Gasteiger partial charge in [0.25, 0.3) is 0 Å². The molecule has 0 unspecified atom stereocenters. The highest BCUT2D eigenvalue weighted by Gasteiger charge is 2.09. The fourth-order valence-corrected chi connectivity index (χ4v) is 3.08. The van der Waals surface area contributed by atoms with Gasteiger partial charge < -0.3 is 4.74 Å². The maximum Gasteiger partial charge on any atom is 0.125 e. The number of halogens is 1. The van der Waals surface area contributed by atoms with Crippen LogP contribution < -0.4 is 4.74 Å². The molecule has 0 aliphatic rings. The van der Waals surface area contributed by atoms with Crippen LogP contribution in [0.5, 0.6) is 5.75 Å². The third kappa shape index (κ3) is 2.55. The molecule has 2 aromatic carbocycles. The van der Waals surface area contributed by atoms with Crippen LogP contribution in [0.25, 0.3) is 21.8 Å². The molecule has 3 rings (SSSR count). The average molecular weight is 302 g/mol. The van der Waals surface area contributed by atoms with E-state index >= 15 is 0 Å². The van der Waals surface area contributed by atoms with E-state index in [4.69, 9.17) is 16.3 Å². The van der Waals surface area contributed by atoms with E-state index in [1.54, 1.807) is 18.4 Å². The number of methoxy groups -OCH3 is 1. The van der Waals surface area contributed by atoms with Crippen molar-refractivity contribution in [2.75, 3.05) is 7.11 Å². The van der Waals surface area contributed by atoms with Crippen molar-refractivity contribution in [1.82, 2.24) is 4.98 Å². The Bertz CT molecular complexity index is 721. The topological polar surface area (TPSA) is 22.1 Å². The Labute approximate surface area is 126 Å². The summed E-state index contributed by atoms with van der Waals surface area (Å²) in [7, 11) is 1.66. The van der Waals surface area contributed by atoms with E-state index in [0.29, 0.717) is 0 Å². The molecule has 2 nitrogen and oxygen atoms in total. The zero-order valence-corrected chi connectivity index (χ0v) is 12.4. The highest BCUT2D eigenvalue weighted by Crippen LogP contribution is 2.33. The molecule has 0 atom stereocenters. The van der Waals surface area contributed by atoms with Crippen LogP contribution in [0.1, 0.15) is 0 Å². The lowest BCUT2D eigenvalue weighted by atomic mass is 10.1. The summed E-state index contributed by atoms with van der Waals surface area (Å²) < 4.78 is 5.16. The van der Waals surface area contributed by atoms with Gasteiger partial charge in [-0.15, -0.1) is 11.3 Å². The minimum absolute atomic E-state index is 0.725. The van der Waals surface area contributed by atoms with Gasteiger partial charge in [0.1, 0.15) is 10.8 Å². The van der Waals surface area contributed by atoms with Crippen molar-refractivity contribution < 1.29 is 4.74 Å². The third-order valence-electron chi connectivity index (χ3n) is 2.99. The van der Waals surface area contributed by atoms with Crippen LogP contribution in [0.4, 0.5) is 0 Å². The Morgan fingerprint density at radius 2 is 1.80 bits per heavy atom. The van der Waals surface area contributed by atoms with Crippen molar-refractivity contribution in [2.45, 2.75) is 0 Å². The first kappa shape index (κ1) is 13.2. The predicted molar refractivity (Wildman–Crippen MR) is 84.5 cm³/mol. The Morgan fingerprint density at radius 3 is 2.50 bits per heavy atom. The first-order valence-corrected chi connectivity index (χ1v) is 7.38. The molecule has 0 N–H and O–H groups in total.